The van der Waals surface area contributed by atoms with E-state index >= 15 is 0 Å². The molecule has 0 radical (unpaired) electrons. The van der Waals surface area contributed by atoms with Crippen molar-refractivity contribution in [3.63, 3.8) is 0 Å². The quantitative estimate of drug-likeness (QED) is 0.581. The van der Waals surface area contributed by atoms with Crippen molar-refractivity contribution in [2.75, 3.05) is 17.2 Å². The van der Waals surface area contributed by atoms with Gasteiger partial charge in [0, 0.05) is 22.8 Å². The molecule has 2 rings (SSSR count). The summed E-state index contributed by atoms with van der Waals surface area (Å²) in [5.74, 6) is 0.312. The number of aryl methyl sites for hydroxylation is 1. The fraction of sp³-hybridized carbons (Fsp3) is 0.333. The van der Waals surface area contributed by atoms with E-state index in [0.29, 0.717) is 28.6 Å². The zero-order valence-corrected chi connectivity index (χ0v) is 16.4. The third-order valence-corrected chi connectivity index (χ3v) is 4.17. The van der Waals surface area contributed by atoms with E-state index in [1.807, 2.05) is 6.92 Å². The smallest absolute Gasteiger partial charge is 0.262 e. The molecule has 0 aliphatic heterocycles. The molecule has 0 bridgehead atoms. The summed E-state index contributed by atoms with van der Waals surface area (Å²) in [5.41, 5.74) is 2.12. The number of rotatable bonds is 9. The van der Waals surface area contributed by atoms with E-state index < -0.39 is 0 Å². The van der Waals surface area contributed by atoms with Gasteiger partial charge >= 0.3 is 0 Å². The van der Waals surface area contributed by atoms with Crippen LogP contribution in [0.25, 0.3) is 0 Å². The molecular weight excluding hydrogens is 364 g/mol. The zero-order chi connectivity index (χ0) is 19.6. The van der Waals surface area contributed by atoms with Gasteiger partial charge in [-0.2, -0.15) is 0 Å². The average molecular weight is 389 g/mol. The standard InChI is InChI=1S/C21H25ClN2O3/c1-3-4-5-9-20(25)23-17-7-6-8-18(13-17)24-21(26)14-27-19-11-10-16(22)12-15(19)2/h6-8,10-13H,3-5,9,14H2,1-2H3,(H,23,25)(H,24,26). The first-order valence-electron chi connectivity index (χ1n) is 9.06. The predicted octanol–water partition coefficient (Wildman–Crippen LogP) is 5.18. The Hall–Kier alpha value is -2.53. The monoisotopic (exact) mass is 388 g/mol. The van der Waals surface area contributed by atoms with Crippen molar-refractivity contribution in [2.24, 2.45) is 0 Å². The summed E-state index contributed by atoms with van der Waals surface area (Å²) in [6, 6.07) is 12.3. The van der Waals surface area contributed by atoms with E-state index in [4.69, 9.17) is 16.3 Å². The van der Waals surface area contributed by atoms with Crippen LogP contribution >= 0.6 is 11.6 Å². The molecule has 0 aliphatic rings. The van der Waals surface area contributed by atoms with Gasteiger partial charge in [-0.15, -0.1) is 0 Å². The second kappa shape index (κ2) is 10.6. The second-order valence-corrected chi connectivity index (χ2v) is 6.77. The normalized spacial score (nSPS) is 10.3. The van der Waals surface area contributed by atoms with Crippen LogP contribution in [-0.2, 0) is 9.59 Å². The summed E-state index contributed by atoms with van der Waals surface area (Å²) in [7, 11) is 0. The van der Waals surface area contributed by atoms with Crippen LogP contribution in [0.15, 0.2) is 42.5 Å². The van der Waals surface area contributed by atoms with Crippen molar-refractivity contribution < 1.29 is 14.3 Å². The van der Waals surface area contributed by atoms with E-state index in [1.54, 1.807) is 42.5 Å². The van der Waals surface area contributed by atoms with Gasteiger partial charge in [0.1, 0.15) is 5.75 Å². The number of nitrogens with one attached hydrogen (secondary N) is 2. The number of hydrogen-bond acceptors (Lipinski definition) is 3. The largest absolute Gasteiger partial charge is 0.483 e. The lowest BCUT2D eigenvalue weighted by molar-refractivity contribution is -0.118. The van der Waals surface area contributed by atoms with Gasteiger partial charge in [-0.25, -0.2) is 0 Å². The van der Waals surface area contributed by atoms with Gasteiger partial charge in [-0.1, -0.05) is 37.4 Å². The van der Waals surface area contributed by atoms with E-state index in [-0.39, 0.29) is 18.4 Å². The number of amides is 2. The highest BCUT2D eigenvalue weighted by atomic mass is 35.5. The molecule has 0 aliphatic carbocycles. The minimum absolute atomic E-state index is 0.0199. The van der Waals surface area contributed by atoms with Crippen molar-refractivity contribution >= 4 is 34.8 Å². The first kappa shape index (κ1) is 20.8. The van der Waals surface area contributed by atoms with E-state index in [9.17, 15) is 9.59 Å². The molecular formula is C21H25ClN2O3. The highest BCUT2D eigenvalue weighted by Crippen LogP contribution is 2.22. The van der Waals surface area contributed by atoms with Crippen molar-refractivity contribution in [3.05, 3.63) is 53.1 Å². The summed E-state index contributed by atoms with van der Waals surface area (Å²) in [6.45, 7) is 3.85. The summed E-state index contributed by atoms with van der Waals surface area (Å²) >= 11 is 5.91. The van der Waals surface area contributed by atoms with Crippen molar-refractivity contribution in [3.8, 4) is 5.75 Å². The molecule has 144 valence electrons. The minimum Gasteiger partial charge on any atom is -0.483 e. The number of hydrogen-bond donors (Lipinski definition) is 2. The lowest BCUT2D eigenvalue weighted by Crippen LogP contribution is -2.20. The van der Waals surface area contributed by atoms with Crippen molar-refractivity contribution in [2.45, 2.75) is 39.5 Å². The average Bonchev–Trinajstić information content (AvgIpc) is 2.61. The van der Waals surface area contributed by atoms with E-state index in [0.717, 1.165) is 24.8 Å². The van der Waals surface area contributed by atoms with Gasteiger partial charge in [0.2, 0.25) is 5.91 Å². The van der Waals surface area contributed by atoms with Crippen LogP contribution in [0.4, 0.5) is 11.4 Å². The summed E-state index contributed by atoms with van der Waals surface area (Å²) < 4.78 is 5.54. The molecule has 2 amide bonds. The molecule has 0 unspecified atom stereocenters. The maximum Gasteiger partial charge on any atom is 0.262 e. The SMILES string of the molecule is CCCCCC(=O)Nc1cccc(NC(=O)COc2ccc(Cl)cc2C)c1. The van der Waals surface area contributed by atoms with Crippen LogP contribution in [0.5, 0.6) is 5.75 Å². The number of unbranched alkanes of at least 4 members (excludes halogenated alkanes) is 2. The Bertz CT molecular complexity index is 793. The maximum absolute atomic E-state index is 12.1. The molecule has 0 fully saturated rings. The van der Waals surface area contributed by atoms with Crippen molar-refractivity contribution in [1.29, 1.82) is 0 Å². The van der Waals surface area contributed by atoms with Gasteiger partial charge in [0.05, 0.1) is 0 Å². The molecule has 0 saturated carbocycles. The molecule has 0 saturated heterocycles. The Labute approximate surface area is 165 Å². The molecule has 2 N–H and O–H groups in total. The first-order chi connectivity index (χ1) is 13.0. The third-order valence-electron chi connectivity index (χ3n) is 3.93. The number of anilines is 2. The minimum atomic E-state index is -0.282. The van der Waals surface area contributed by atoms with E-state index in [2.05, 4.69) is 17.6 Å². The molecule has 2 aromatic carbocycles. The molecule has 6 heteroatoms. The van der Waals surface area contributed by atoms with Gasteiger partial charge in [-0.3, -0.25) is 9.59 Å². The topological polar surface area (TPSA) is 67.4 Å². The van der Waals surface area contributed by atoms with Gasteiger partial charge in [-0.05, 0) is 55.3 Å². The molecule has 0 atom stereocenters. The van der Waals surface area contributed by atoms with Crippen molar-refractivity contribution in [1.82, 2.24) is 0 Å². The van der Waals surface area contributed by atoms with Gasteiger partial charge in [0.15, 0.2) is 6.61 Å². The lowest BCUT2D eigenvalue weighted by atomic mass is 10.2. The molecule has 27 heavy (non-hydrogen) atoms. The Morgan fingerprint density at radius 3 is 2.37 bits per heavy atom. The Morgan fingerprint density at radius 2 is 1.70 bits per heavy atom. The van der Waals surface area contributed by atoms with Crippen LogP contribution in [-0.4, -0.2) is 18.4 Å². The van der Waals surface area contributed by atoms with Crippen LogP contribution in [0, 0.1) is 6.92 Å². The molecule has 0 heterocycles. The Morgan fingerprint density at radius 1 is 1.00 bits per heavy atom. The summed E-state index contributed by atoms with van der Waals surface area (Å²) in [4.78, 5) is 24.0. The van der Waals surface area contributed by atoms with Crippen LogP contribution in [0.1, 0.15) is 38.2 Å². The van der Waals surface area contributed by atoms with Gasteiger partial charge in [0.25, 0.3) is 5.91 Å². The number of ether oxygens (including phenoxy) is 1. The summed E-state index contributed by atoms with van der Waals surface area (Å²) in [5, 5.41) is 6.24. The highest BCUT2D eigenvalue weighted by Gasteiger charge is 2.07. The second-order valence-electron chi connectivity index (χ2n) is 6.33. The molecule has 5 nitrogen and oxygen atoms in total. The Kier molecular flexibility index (Phi) is 8.14. The van der Waals surface area contributed by atoms with E-state index in [1.165, 1.54) is 0 Å². The summed E-state index contributed by atoms with van der Waals surface area (Å²) in [6.07, 6.45) is 3.49. The predicted molar refractivity (Wildman–Crippen MR) is 110 cm³/mol. The fourth-order valence-electron chi connectivity index (χ4n) is 2.55. The maximum atomic E-state index is 12.1. The Balaban J connectivity index is 1.85. The van der Waals surface area contributed by atoms with Crippen LogP contribution < -0.4 is 15.4 Å². The molecule has 2 aromatic rings. The fourth-order valence-corrected chi connectivity index (χ4v) is 2.78. The third kappa shape index (κ3) is 7.31. The number of carbonyl (C=O) groups excluding carboxylic acids is 2. The number of halogens is 1. The lowest BCUT2D eigenvalue weighted by Gasteiger charge is -2.11. The molecule has 0 spiro atoms. The number of benzene rings is 2. The number of carbonyl (C=O) groups is 2. The van der Waals surface area contributed by atoms with Crippen LogP contribution in [0.2, 0.25) is 5.02 Å². The van der Waals surface area contributed by atoms with Crippen LogP contribution in [0.3, 0.4) is 0 Å². The highest BCUT2D eigenvalue weighted by molar-refractivity contribution is 6.30. The molecule has 0 aromatic heterocycles. The van der Waals surface area contributed by atoms with Gasteiger partial charge < -0.3 is 15.4 Å². The first-order valence-corrected chi connectivity index (χ1v) is 9.44. The zero-order valence-electron chi connectivity index (χ0n) is 15.7.